The Kier molecular flexibility index (Phi) is 5.21. The Labute approximate surface area is 127 Å². The number of hydrogen-bond donors (Lipinski definition) is 1. The molecular formula is C17H27N3O. The third kappa shape index (κ3) is 3.96. The molecule has 2 rings (SSSR count). The molecule has 0 radical (unpaired) electrons. The van der Waals surface area contributed by atoms with Gasteiger partial charge in [-0.25, -0.2) is 0 Å². The quantitative estimate of drug-likeness (QED) is 0.847. The van der Waals surface area contributed by atoms with E-state index in [1.165, 1.54) is 24.0 Å². The third-order valence-corrected chi connectivity index (χ3v) is 4.52. The first kappa shape index (κ1) is 15.8. The van der Waals surface area contributed by atoms with Crippen molar-refractivity contribution in [3.63, 3.8) is 0 Å². The summed E-state index contributed by atoms with van der Waals surface area (Å²) in [4.78, 5) is 12.1. The van der Waals surface area contributed by atoms with Gasteiger partial charge >= 0.3 is 0 Å². The highest BCUT2D eigenvalue weighted by Gasteiger charge is 2.15. The molecule has 0 bridgehead atoms. The molecule has 0 aromatic carbocycles. The van der Waals surface area contributed by atoms with E-state index in [1.54, 1.807) is 0 Å². The fraction of sp³-hybridized carbons (Fsp3) is 0.647. The SMILES string of the molecule is Cc1nn(C)c(C)c1CCC(=O)N[C@@H](C)C1=CCCCC1. The van der Waals surface area contributed by atoms with E-state index in [1.807, 2.05) is 18.7 Å². The van der Waals surface area contributed by atoms with Crippen molar-refractivity contribution in [2.75, 3.05) is 0 Å². The molecule has 1 aromatic rings. The van der Waals surface area contributed by atoms with Crippen LogP contribution in [0.25, 0.3) is 0 Å². The monoisotopic (exact) mass is 289 g/mol. The van der Waals surface area contributed by atoms with Gasteiger partial charge in [-0.2, -0.15) is 5.10 Å². The summed E-state index contributed by atoms with van der Waals surface area (Å²) in [6, 6.07) is 0.175. The summed E-state index contributed by atoms with van der Waals surface area (Å²) >= 11 is 0. The number of carbonyl (C=O) groups excluding carboxylic acids is 1. The van der Waals surface area contributed by atoms with Crippen molar-refractivity contribution in [3.8, 4) is 0 Å². The second-order valence-corrected chi connectivity index (χ2v) is 6.09. The fourth-order valence-electron chi connectivity index (χ4n) is 3.08. The van der Waals surface area contributed by atoms with Gasteiger partial charge in [-0.3, -0.25) is 9.48 Å². The number of aromatic nitrogens is 2. The minimum absolute atomic E-state index is 0.136. The first-order valence-electron chi connectivity index (χ1n) is 7.96. The minimum Gasteiger partial charge on any atom is -0.350 e. The molecule has 0 unspecified atom stereocenters. The molecule has 4 nitrogen and oxygen atoms in total. The average molecular weight is 289 g/mol. The summed E-state index contributed by atoms with van der Waals surface area (Å²) in [5, 5.41) is 7.53. The van der Waals surface area contributed by atoms with Gasteiger partial charge < -0.3 is 5.32 Å². The highest BCUT2D eigenvalue weighted by Crippen LogP contribution is 2.20. The normalized spacial score (nSPS) is 16.5. The van der Waals surface area contributed by atoms with E-state index in [-0.39, 0.29) is 11.9 Å². The maximum Gasteiger partial charge on any atom is 0.220 e. The lowest BCUT2D eigenvalue weighted by atomic mass is 9.94. The van der Waals surface area contributed by atoms with Crippen molar-refractivity contribution in [2.45, 2.75) is 65.3 Å². The molecule has 0 saturated carbocycles. The summed E-state index contributed by atoms with van der Waals surface area (Å²) in [6.45, 7) is 6.16. The first-order chi connectivity index (χ1) is 9.99. The van der Waals surface area contributed by atoms with Gasteiger partial charge in [-0.05, 0) is 58.4 Å². The Morgan fingerprint density at radius 1 is 1.43 bits per heavy atom. The van der Waals surface area contributed by atoms with Crippen molar-refractivity contribution in [1.82, 2.24) is 15.1 Å². The fourth-order valence-corrected chi connectivity index (χ4v) is 3.08. The Morgan fingerprint density at radius 2 is 2.19 bits per heavy atom. The van der Waals surface area contributed by atoms with Crippen molar-refractivity contribution >= 4 is 5.91 Å². The van der Waals surface area contributed by atoms with Gasteiger partial charge in [0.15, 0.2) is 0 Å². The van der Waals surface area contributed by atoms with E-state index in [0.29, 0.717) is 6.42 Å². The lowest BCUT2D eigenvalue weighted by Crippen LogP contribution is -2.34. The number of amides is 1. The molecule has 0 saturated heterocycles. The second-order valence-electron chi connectivity index (χ2n) is 6.09. The van der Waals surface area contributed by atoms with Gasteiger partial charge in [0.25, 0.3) is 0 Å². The van der Waals surface area contributed by atoms with Crippen molar-refractivity contribution in [2.24, 2.45) is 7.05 Å². The minimum atomic E-state index is 0.136. The second kappa shape index (κ2) is 6.92. The van der Waals surface area contributed by atoms with Gasteiger partial charge in [0.1, 0.15) is 0 Å². The molecule has 1 aromatic heterocycles. The number of rotatable bonds is 5. The van der Waals surface area contributed by atoms with Crippen molar-refractivity contribution in [1.29, 1.82) is 0 Å². The molecule has 1 aliphatic rings. The molecule has 116 valence electrons. The van der Waals surface area contributed by atoms with Crippen LogP contribution in [0, 0.1) is 13.8 Å². The molecule has 0 aliphatic heterocycles. The molecule has 21 heavy (non-hydrogen) atoms. The predicted molar refractivity (Wildman–Crippen MR) is 85.2 cm³/mol. The van der Waals surface area contributed by atoms with Crippen LogP contribution in [-0.4, -0.2) is 21.7 Å². The largest absolute Gasteiger partial charge is 0.350 e. The first-order valence-corrected chi connectivity index (χ1v) is 7.96. The Morgan fingerprint density at radius 3 is 2.76 bits per heavy atom. The number of aryl methyl sites for hydroxylation is 2. The van der Waals surface area contributed by atoms with Crippen LogP contribution in [0.2, 0.25) is 0 Å². The maximum atomic E-state index is 12.1. The number of allylic oxidation sites excluding steroid dienone is 1. The predicted octanol–water partition coefficient (Wildman–Crippen LogP) is 2.97. The molecule has 1 aliphatic carbocycles. The standard InChI is InChI=1S/C17H27N3O/c1-12(15-8-6-5-7-9-15)18-17(21)11-10-16-13(2)19-20(4)14(16)3/h8,12H,5-7,9-11H2,1-4H3,(H,18,21)/t12-/m0/s1. The van der Waals surface area contributed by atoms with Gasteiger partial charge in [0, 0.05) is 25.2 Å². The molecule has 1 heterocycles. The molecule has 4 heteroatoms. The summed E-state index contributed by atoms with van der Waals surface area (Å²) < 4.78 is 1.89. The number of nitrogens with zero attached hydrogens (tertiary/aromatic N) is 2. The van der Waals surface area contributed by atoms with E-state index < -0.39 is 0 Å². The molecule has 0 spiro atoms. The smallest absolute Gasteiger partial charge is 0.220 e. The summed E-state index contributed by atoms with van der Waals surface area (Å²) in [6.07, 6.45) is 8.41. The highest BCUT2D eigenvalue weighted by atomic mass is 16.1. The maximum absolute atomic E-state index is 12.1. The Hall–Kier alpha value is -1.58. The zero-order valence-corrected chi connectivity index (χ0v) is 13.7. The molecule has 1 N–H and O–H groups in total. The number of hydrogen-bond acceptors (Lipinski definition) is 2. The lowest BCUT2D eigenvalue weighted by molar-refractivity contribution is -0.121. The van der Waals surface area contributed by atoms with Gasteiger partial charge in [0.05, 0.1) is 5.69 Å². The van der Waals surface area contributed by atoms with Crippen molar-refractivity contribution in [3.05, 3.63) is 28.6 Å². The van der Waals surface area contributed by atoms with E-state index in [0.717, 1.165) is 30.7 Å². The lowest BCUT2D eigenvalue weighted by Gasteiger charge is -2.20. The van der Waals surface area contributed by atoms with Crippen LogP contribution in [0.15, 0.2) is 11.6 Å². The highest BCUT2D eigenvalue weighted by molar-refractivity contribution is 5.77. The van der Waals surface area contributed by atoms with Crippen LogP contribution >= 0.6 is 0 Å². The zero-order chi connectivity index (χ0) is 15.4. The molecule has 1 amide bonds. The molecular weight excluding hydrogens is 262 g/mol. The Balaban J connectivity index is 1.86. The molecule has 0 fully saturated rings. The van der Waals surface area contributed by atoms with Gasteiger partial charge in [0.2, 0.25) is 5.91 Å². The Bertz CT molecular complexity index is 542. The number of carbonyl (C=O) groups is 1. The third-order valence-electron chi connectivity index (χ3n) is 4.52. The van der Waals surface area contributed by atoms with E-state index in [9.17, 15) is 4.79 Å². The van der Waals surface area contributed by atoms with E-state index in [2.05, 4.69) is 30.3 Å². The van der Waals surface area contributed by atoms with Crippen LogP contribution in [0.3, 0.4) is 0 Å². The molecule has 1 atom stereocenters. The summed E-state index contributed by atoms with van der Waals surface area (Å²) in [7, 11) is 1.95. The summed E-state index contributed by atoms with van der Waals surface area (Å²) in [5.41, 5.74) is 4.79. The van der Waals surface area contributed by atoms with Crippen molar-refractivity contribution < 1.29 is 4.79 Å². The topological polar surface area (TPSA) is 46.9 Å². The average Bonchev–Trinajstić information content (AvgIpc) is 2.71. The van der Waals surface area contributed by atoms with Crippen LogP contribution in [0.5, 0.6) is 0 Å². The summed E-state index contributed by atoms with van der Waals surface area (Å²) in [5.74, 6) is 0.136. The van der Waals surface area contributed by atoms with Crippen LogP contribution in [-0.2, 0) is 18.3 Å². The van der Waals surface area contributed by atoms with Crippen LogP contribution in [0.4, 0.5) is 0 Å². The van der Waals surface area contributed by atoms with Crippen LogP contribution in [0.1, 0.15) is 56.0 Å². The van der Waals surface area contributed by atoms with Gasteiger partial charge in [-0.15, -0.1) is 0 Å². The van der Waals surface area contributed by atoms with E-state index in [4.69, 9.17) is 0 Å². The van der Waals surface area contributed by atoms with E-state index >= 15 is 0 Å². The number of nitrogens with one attached hydrogen (secondary N) is 1. The van der Waals surface area contributed by atoms with Gasteiger partial charge in [-0.1, -0.05) is 11.6 Å². The zero-order valence-electron chi connectivity index (χ0n) is 13.7. The van der Waals surface area contributed by atoms with Crippen LogP contribution < -0.4 is 5.32 Å².